The number of benzene rings is 1. The molecule has 21 heavy (non-hydrogen) atoms. The van der Waals surface area contributed by atoms with Crippen LogP contribution in [0.5, 0.6) is 0 Å². The van der Waals surface area contributed by atoms with Crippen molar-refractivity contribution in [3.63, 3.8) is 0 Å². The van der Waals surface area contributed by atoms with Gasteiger partial charge in [-0.2, -0.15) is 0 Å². The summed E-state index contributed by atoms with van der Waals surface area (Å²) in [5, 5.41) is 2.71. The Labute approximate surface area is 122 Å². The number of nitrogen functional groups attached to an aromatic ring is 1. The molecule has 0 saturated heterocycles. The van der Waals surface area contributed by atoms with Crippen LogP contribution >= 0.6 is 0 Å². The number of rotatable bonds is 5. The van der Waals surface area contributed by atoms with Gasteiger partial charge in [0.25, 0.3) is 0 Å². The van der Waals surface area contributed by atoms with Crippen LogP contribution in [0, 0.1) is 5.82 Å². The van der Waals surface area contributed by atoms with Crippen molar-refractivity contribution in [3.8, 4) is 0 Å². The Morgan fingerprint density at radius 2 is 2.24 bits per heavy atom. The van der Waals surface area contributed by atoms with Gasteiger partial charge in [-0.15, -0.1) is 0 Å². The van der Waals surface area contributed by atoms with Crippen molar-refractivity contribution < 1.29 is 13.6 Å². The summed E-state index contributed by atoms with van der Waals surface area (Å²) in [6.07, 6.45) is 1.59. The molecule has 1 aromatic carbocycles. The molecule has 0 aliphatic rings. The van der Waals surface area contributed by atoms with Crippen LogP contribution in [0.25, 0.3) is 0 Å². The molecule has 112 valence electrons. The minimum absolute atomic E-state index is 0.00407. The van der Waals surface area contributed by atoms with Crippen molar-refractivity contribution in [2.75, 3.05) is 18.1 Å². The summed E-state index contributed by atoms with van der Waals surface area (Å²) in [5.74, 6) is 0.0780. The molecule has 3 N–H and O–H groups in total. The van der Waals surface area contributed by atoms with Crippen LogP contribution in [0.4, 0.5) is 15.8 Å². The van der Waals surface area contributed by atoms with Gasteiger partial charge in [0.05, 0.1) is 24.5 Å². The molecule has 1 amide bonds. The van der Waals surface area contributed by atoms with E-state index in [4.69, 9.17) is 10.2 Å². The maximum atomic E-state index is 13.1. The molecule has 0 spiro atoms. The van der Waals surface area contributed by atoms with Crippen molar-refractivity contribution >= 4 is 17.3 Å². The number of likely N-dealkylation sites (N-methyl/N-ethyl adjacent to an activating group) is 1. The average Bonchev–Trinajstić information content (AvgIpc) is 2.94. The topological polar surface area (TPSA) is 71.5 Å². The molecule has 1 heterocycles. The highest BCUT2D eigenvalue weighted by Crippen LogP contribution is 2.17. The lowest BCUT2D eigenvalue weighted by molar-refractivity contribution is -0.120. The van der Waals surface area contributed by atoms with Crippen molar-refractivity contribution in [1.82, 2.24) is 4.90 Å². The fraction of sp³-hybridized carbons (Fsp3) is 0.267. The van der Waals surface area contributed by atoms with Crippen LogP contribution < -0.4 is 11.1 Å². The van der Waals surface area contributed by atoms with Crippen LogP contribution in [0.1, 0.15) is 12.7 Å². The molecule has 0 radical (unpaired) electrons. The first kappa shape index (κ1) is 15.1. The predicted octanol–water partition coefficient (Wildman–Crippen LogP) is 2.46. The fourth-order valence-corrected chi connectivity index (χ4v) is 1.85. The van der Waals surface area contributed by atoms with E-state index in [0.717, 1.165) is 5.76 Å². The molecular weight excluding hydrogens is 273 g/mol. The van der Waals surface area contributed by atoms with Crippen LogP contribution in [-0.4, -0.2) is 23.9 Å². The number of furan rings is 1. The minimum atomic E-state index is -0.504. The second-order valence-corrected chi connectivity index (χ2v) is 4.90. The van der Waals surface area contributed by atoms with E-state index in [1.54, 1.807) is 19.3 Å². The summed E-state index contributed by atoms with van der Waals surface area (Å²) in [6.45, 7) is 2.30. The molecule has 0 fully saturated rings. The maximum Gasteiger partial charge on any atom is 0.241 e. The summed E-state index contributed by atoms with van der Waals surface area (Å²) < 4.78 is 18.3. The van der Waals surface area contributed by atoms with E-state index in [-0.39, 0.29) is 17.6 Å². The molecule has 6 heteroatoms. The number of nitrogens with one attached hydrogen (secondary N) is 1. The highest BCUT2D eigenvalue weighted by Gasteiger charge is 2.19. The zero-order chi connectivity index (χ0) is 15.4. The highest BCUT2D eigenvalue weighted by atomic mass is 19.1. The number of amides is 1. The SMILES string of the molecule is CC(C(=O)Nc1ccc(F)c(N)c1)N(C)Cc1ccco1. The Kier molecular flexibility index (Phi) is 4.59. The second kappa shape index (κ2) is 6.41. The number of hydrogen-bond donors (Lipinski definition) is 2. The van der Waals surface area contributed by atoms with Gasteiger partial charge in [-0.05, 0) is 44.3 Å². The van der Waals surface area contributed by atoms with Gasteiger partial charge < -0.3 is 15.5 Å². The quantitative estimate of drug-likeness (QED) is 0.830. The van der Waals surface area contributed by atoms with Gasteiger partial charge in [-0.25, -0.2) is 4.39 Å². The first-order chi connectivity index (χ1) is 9.97. The van der Waals surface area contributed by atoms with Crippen molar-refractivity contribution in [1.29, 1.82) is 0 Å². The molecule has 2 rings (SSSR count). The van der Waals surface area contributed by atoms with Crippen LogP contribution in [0.15, 0.2) is 41.0 Å². The van der Waals surface area contributed by atoms with E-state index in [1.165, 1.54) is 18.2 Å². The third kappa shape index (κ3) is 3.82. The summed E-state index contributed by atoms with van der Waals surface area (Å²) in [5.41, 5.74) is 5.95. The zero-order valence-electron chi connectivity index (χ0n) is 12.0. The Bertz CT molecular complexity index is 613. The highest BCUT2D eigenvalue weighted by molar-refractivity contribution is 5.94. The molecule has 0 saturated carbocycles. The van der Waals surface area contributed by atoms with E-state index in [0.29, 0.717) is 12.2 Å². The molecular formula is C15H18FN3O2. The Morgan fingerprint density at radius 1 is 1.48 bits per heavy atom. The Hall–Kier alpha value is -2.34. The maximum absolute atomic E-state index is 13.1. The van der Waals surface area contributed by atoms with Gasteiger partial charge in [0.1, 0.15) is 11.6 Å². The third-order valence-electron chi connectivity index (χ3n) is 3.29. The van der Waals surface area contributed by atoms with Gasteiger partial charge in [-0.3, -0.25) is 9.69 Å². The summed E-state index contributed by atoms with van der Waals surface area (Å²) in [4.78, 5) is 14.0. The van der Waals surface area contributed by atoms with E-state index >= 15 is 0 Å². The number of anilines is 2. The van der Waals surface area contributed by atoms with Crippen LogP contribution in [0.2, 0.25) is 0 Å². The summed E-state index contributed by atoms with van der Waals surface area (Å²) >= 11 is 0. The van der Waals surface area contributed by atoms with E-state index in [1.807, 2.05) is 18.0 Å². The molecule has 0 aliphatic carbocycles. The van der Waals surface area contributed by atoms with Gasteiger partial charge in [0, 0.05) is 5.69 Å². The number of nitrogens with zero attached hydrogens (tertiary/aromatic N) is 1. The smallest absolute Gasteiger partial charge is 0.241 e. The molecule has 1 aromatic heterocycles. The lowest BCUT2D eigenvalue weighted by Crippen LogP contribution is -2.39. The monoisotopic (exact) mass is 291 g/mol. The third-order valence-corrected chi connectivity index (χ3v) is 3.29. The lowest BCUT2D eigenvalue weighted by Gasteiger charge is -2.22. The van der Waals surface area contributed by atoms with Gasteiger partial charge in [0.15, 0.2) is 0 Å². The largest absolute Gasteiger partial charge is 0.468 e. The number of hydrogen-bond acceptors (Lipinski definition) is 4. The summed E-state index contributed by atoms with van der Waals surface area (Å²) in [6, 6.07) is 7.37. The van der Waals surface area contributed by atoms with Crippen LogP contribution in [-0.2, 0) is 11.3 Å². The molecule has 2 aromatic rings. The average molecular weight is 291 g/mol. The number of carbonyl (C=O) groups excluding carboxylic acids is 1. The Balaban J connectivity index is 1.96. The molecule has 1 atom stereocenters. The number of carbonyl (C=O) groups is 1. The van der Waals surface area contributed by atoms with Gasteiger partial charge in [-0.1, -0.05) is 0 Å². The minimum Gasteiger partial charge on any atom is -0.468 e. The molecule has 1 unspecified atom stereocenters. The standard InChI is InChI=1S/C15H18FN3O2/c1-10(19(2)9-12-4-3-7-21-12)15(20)18-11-5-6-13(16)14(17)8-11/h3-8,10H,9,17H2,1-2H3,(H,18,20). The van der Waals surface area contributed by atoms with Crippen molar-refractivity contribution in [3.05, 3.63) is 48.2 Å². The number of nitrogens with two attached hydrogens (primary N) is 1. The van der Waals surface area contributed by atoms with E-state index in [9.17, 15) is 9.18 Å². The lowest BCUT2D eigenvalue weighted by atomic mass is 10.2. The second-order valence-electron chi connectivity index (χ2n) is 4.90. The normalized spacial score (nSPS) is 12.4. The van der Waals surface area contributed by atoms with Crippen molar-refractivity contribution in [2.45, 2.75) is 19.5 Å². The van der Waals surface area contributed by atoms with Gasteiger partial charge in [0.2, 0.25) is 5.91 Å². The number of halogens is 1. The van der Waals surface area contributed by atoms with E-state index < -0.39 is 5.82 Å². The molecule has 5 nitrogen and oxygen atoms in total. The van der Waals surface area contributed by atoms with Gasteiger partial charge >= 0.3 is 0 Å². The zero-order valence-corrected chi connectivity index (χ0v) is 12.0. The molecule has 0 bridgehead atoms. The Morgan fingerprint density at radius 3 is 2.86 bits per heavy atom. The van der Waals surface area contributed by atoms with Crippen molar-refractivity contribution in [2.24, 2.45) is 0 Å². The fourth-order valence-electron chi connectivity index (χ4n) is 1.85. The predicted molar refractivity (Wildman–Crippen MR) is 79.1 cm³/mol. The summed E-state index contributed by atoms with van der Waals surface area (Å²) in [7, 11) is 1.83. The molecule has 0 aliphatic heterocycles. The first-order valence-electron chi connectivity index (χ1n) is 6.56. The van der Waals surface area contributed by atoms with Crippen LogP contribution in [0.3, 0.4) is 0 Å². The van der Waals surface area contributed by atoms with E-state index in [2.05, 4.69) is 5.32 Å². The first-order valence-corrected chi connectivity index (χ1v) is 6.56.